The van der Waals surface area contributed by atoms with Crippen LogP contribution in [-0.4, -0.2) is 89.6 Å². The Morgan fingerprint density at radius 2 is 1.62 bits per heavy atom. The van der Waals surface area contributed by atoms with Crippen LogP contribution in [-0.2, 0) is 36.4 Å². The monoisotopic (exact) mass is 714 g/mol. The van der Waals surface area contributed by atoms with Crippen molar-refractivity contribution in [3.63, 3.8) is 0 Å². The van der Waals surface area contributed by atoms with E-state index in [-0.39, 0.29) is 31.0 Å². The first-order chi connectivity index (χ1) is 24.3. The van der Waals surface area contributed by atoms with Crippen LogP contribution in [0.15, 0.2) is 53.4 Å². The number of rotatable bonds is 15. The van der Waals surface area contributed by atoms with E-state index in [4.69, 9.17) is 28.4 Å². The quantitative estimate of drug-likeness (QED) is 0.238. The summed E-state index contributed by atoms with van der Waals surface area (Å²) in [6.45, 7) is 6.64. The van der Waals surface area contributed by atoms with E-state index < -0.39 is 35.5 Å². The summed E-state index contributed by atoms with van der Waals surface area (Å²) in [7, 11) is -1.67. The van der Waals surface area contributed by atoms with E-state index in [9.17, 15) is 14.1 Å². The molecule has 3 heterocycles. The molecule has 11 nitrogen and oxygen atoms in total. The van der Waals surface area contributed by atoms with E-state index in [1.165, 1.54) is 0 Å². The molecule has 1 amide bonds. The smallest absolute Gasteiger partial charge is 0.407 e. The largest absolute Gasteiger partial charge is 0.461 e. The minimum Gasteiger partial charge on any atom is -0.461 e. The van der Waals surface area contributed by atoms with Gasteiger partial charge in [-0.3, -0.25) is 0 Å². The summed E-state index contributed by atoms with van der Waals surface area (Å²) in [5, 5.41) is 14.7. The van der Waals surface area contributed by atoms with E-state index in [1.807, 2.05) is 44.2 Å². The van der Waals surface area contributed by atoms with Gasteiger partial charge >= 0.3 is 6.09 Å². The maximum absolute atomic E-state index is 14.3. The Labute approximate surface area is 298 Å². The molecule has 0 spiro atoms. The lowest BCUT2D eigenvalue weighted by molar-refractivity contribution is -0.119. The number of fused-ring (bicyclic) bond motifs is 1. The van der Waals surface area contributed by atoms with Crippen molar-refractivity contribution in [2.24, 2.45) is 11.8 Å². The Balaban J connectivity index is 1.17. The number of nitrogens with one attached hydrogen (secondary N) is 1. The van der Waals surface area contributed by atoms with Crippen LogP contribution in [0.25, 0.3) is 0 Å². The molecule has 2 N–H and O–H groups in total. The standard InChI is InChI=1S/C38H54N2O9S/c1-26(2)24-40(50(43)30-14-15-33(48-36-12-6-8-17-45-36)35(23-30)49-37-13-7-9-18-46-37)25-32(41)31(20-27-10-4-3-5-11-27)39-38(42)47-29-21-28-16-19-44-34(28)22-29/h3-5,10-11,14-15,23,26,28-29,31-32,34,36-37,41H,6-9,12-13,16-22,24-25H2,1-2H3,(H,39,42)/t28-,29?,31-,32+,34+,36?,37?,50?/m0/s1. The highest BCUT2D eigenvalue weighted by Gasteiger charge is 2.40. The first-order valence-corrected chi connectivity index (χ1v) is 19.6. The van der Waals surface area contributed by atoms with Crippen LogP contribution >= 0.6 is 0 Å². The van der Waals surface area contributed by atoms with E-state index in [1.54, 1.807) is 22.5 Å². The number of ether oxygens (including phenoxy) is 6. The van der Waals surface area contributed by atoms with Crippen molar-refractivity contribution in [3.8, 4) is 11.5 Å². The summed E-state index contributed by atoms with van der Waals surface area (Å²) in [5.41, 5.74) is 0.960. The third kappa shape index (κ3) is 10.4. The van der Waals surface area contributed by atoms with Gasteiger partial charge in [-0.2, -0.15) is 0 Å². The highest BCUT2D eigenvalue weighted by atomic mass is 32.2. The molecule has 0 bridgehead atoms. The first-order valence-electron chi connectivity index (χ1n) is 18.5. The molecule has 50 heavy (non-hydrogen) atoms. The molecule has 1 saturated carbocycles. The molecule has 2 aromatic carbocycles. The maximum atomic E-state index is 14.3. The molecule has 1 aliphatic carbocycles. The zero-order valence-corrected chi connectivity index (χ0v) is 30.2. The molecule has 0 radical (unpaired) electrons. The number of nitrogens with zero attached hydrogens (tertiary/aromatic N) is 1. The number of alkyl carbamates (subject to hydrolysis) is 1. The molecule has 3 aliphatic heterocycles. The zero-order chi connectivity index (χ0) is 34.9. The van der Waals surface area contributed by atoms with Gasteiger partial charge in [-0.05, 0) is 74.5 Å². The number of carbonyl (C=O) groups excluding carboxylic acids is 1. The fourth-order valence-electron chi connectivity index (χ4n) is 7.28. The van der Waals surface area contributed by atoms with Crippen molar-refractivity contribution in [2.75, 3.05) is 32.9 Å². The fraction of sp³-hybridized carbons (Fsp3) is 0.658. The van der Waals surface area contributed by atoms with Crippen molar-refractivity contribution < 1.29 is 42.5 Å². The molecule has 12 heteroatoms. The van der Waals surface area contributed by atoms with Gasteiger partial charge in [0.05, 0.1) is 36.4 Å². The average molecular weight is 715 g/mol. The van der Waals surface area contributed by atoms with Crippen molar-refractivity contribution in [1.82, 2.24) is 9.62 Å². The molecule has 4 fully saturated rings. The predicted molar refractivity (Wildman–Crippen MR) is 188 cm³/mol. The number of amides is 1. The molecular weight excluding hydrogens is 660 g/mol. The molecule has 8 atom stereocenters. The van der Waals surface area contributed by atoms with Gasteiger partial charge in [0.1, 0.15) is 17.1 Å². The highest BCUT2D eigenvalue weighted by Crippen LogP contribution is 2.38. The Bertz CT molecular complexity index is 1370. The van der Waals surface area contributed by atoms with E-state index in [0.717, 1.165) is 63.5 Å². The topological polar surface area (TPSA) is 125 Å². The van der Waals surface area contributed by atoms with Crippen LogP contribution in [0.2, 0.25) is 0 Å². The third-order valence-corrected chi connectivity index (χ3v) is 11.3. The lowest BCUT2D eigenvalue weighted by atomic mass is 10.0. The van der Waals surface area contributed by atoms with Crippen molar-refractivity contribution >= 4 is 17.1 Å². The zero-order valence-electron chi connectivity index (χ0n) is 29.4. The van der Waals surface area contributed by atoms with Gasteiger partial charge in [-0.25, -0.2) is 13.3 Å². The summed E-state index contributed by atoms with van der Waals surface area (Å²) in [4.78, 5) is 13.7. The summed E-state index contributed by atoms with van der Waals surface area (Å²) in [6.07, 6.45) is 5.98. The number of aliphatic hydroxyl groups is 1. The number of hydrogen-bond acceptors (Lipinski definition) is 9. The van der Waals surface area contributed by atoms with E-state index in [2.05, 4.69) is 5.32 Å². The second-order valence-electron chi connectivity index (χ2n) is 14.4. The lowest BCUT2D eigenvalue weighted by Crippen LogP contribution is -2.50. The molecule has 276 valence electrons. The summed E-state index contributed by atoms with van der Waals surface area (Å²) in [6, 6.07) is 14.4. The average Bonchev–Trinajstić information content (AvgIpc) is 3.71. The highest BCUT2D eigenvalue weighted by molar-refractivity contribution is 7.82. The summed E-state index contributed by atoms with van der Waals surface area (Å²) in [5.74, 6) is 1.55. The van der Waals surface area contributed by atoms with Gasteiger partial charge in [-0.15, -0.1) is 0 Å². The second kappa shape index (κ2) is 18.1. The number of benzene rings is 2. The van der Waals surface area contributed by atoms with Gasteiger partial charge < -0.3 is 38.8 Å². The van der Waals surface area contributed by atoms with Crippen LogP contribution in [0.5, 0.6) is 11.5 Å². The van der Waals surface area contributed by atoms with Crippen molar-refractivity contribution in [2.45, 2.75) is 120 Å². The number of hydrogen-bond donors (Lipinski definition) is 2. The number of carbonyl (C=O) groups is 1. The van der Waals surface area contributed by atoms with E-state index >= 15 is 0 Å². The van der Waals surface area contributed by atoms with Gasteiger partial charge in [0.15, 0.2) is 24.1 Å². The van der Waals surface area contributed by atoms with Gasteiger partial charge in [0.25, 0.3) is 0 Å². The Morgan fingerprint density at radius 3 is 2.28 bits per heavy atom. The van der Waals surface area contributed by atoms with Gasteiger partial charge in [0, 0.05) is 45.0 Å². The molecule has 2 aromatic rings. The molecule has 4 unspecified atom stereocenters. The summed E-state index contributed by atoms with van der Waals surface area (Å²) < 4.78 is 52.0. The van der Waals surface area contributed by atoms with E-state index in [0.29, 0.717) is 54.9 Å². The van der Waals surface area contributed by atoms with Crippen molar-refractivity contribution in [1.29, 1.82) is 0 Å². The summed E-state index contributed by atoms with van der Waals surface area (Å²) >= 11 is 0. The SMILES string of the molecule is CC(C)CN(C[C@@H](O)[C@H](Cc1ccccc1)NC(=O)OC1C[C@@H]2CCO[C@@H]2C1)S(=O)c1ccc(OC2CCCCO2)c(OC2CCCCO2)c1. The van der Waals surface area contributed by atoms with Crippen LogP contribution in [0, 0.1) is 11.8 Å². The van der Waals surface area contributed by atoms with Crippen molar-refractivity contribution in [3.05, 3.63) is 54.1 Å². The third-order valence-electron chi connectivity index (χ3n) is 9.85. The molecule has 4 aliphatic rings. The normalized spacial score (nSPS) is 27.0. The van der Waals surface area contributed by atoms with Gasteiger partial charge in [-0.1, -0.05) is 44.2 Å². The minimum atomic E-state index is -1.67. The Hall–Kier alpha value is -2.74. The Morgan fingerprint density at radius 1 is 0.900 bits per heavy atom. The Kier molecular flexibility index (Phi) is 13.4. The van der Waals surface area contributed by atoms with Crippen LogP contribution in [0.3, 0.4) is 0 Å². The molecule has 3 saturated heterocycles. The molecule has 6 rings (SSSR count). The molecular formula is C38H54N2O9S. The van der Waals surface area contributed by atoms with Gasteiger partial charge in [0.2, 0.25) is 0 Å². The van der Waals surface area contributed by atoms with Crippen LogP contribution < -0.4 is 14.8 Å². The predicted octanol–water partition coefficient (Wildman–Crippen LogP) is 5.74. The second-order valence-corrected chi connectivity index (χ2v) is 15.9. The maximum Gasteiger partial charge on any atom is 0.407 e. The minimum absolute atomic E-state index is 0.0556. The fourth-order valence-corrected chi connectivity index (χ4v) is 8.69. The number of aliphatic hydroxyl groups excluding tert-OH is 1. The van der Waals surface area contributed by atoms with Crippen LogP contribution in [0.4, 0.5) is 4.79 Å². The van der Waals surface area contributed by atoms with Crippen LogP contribution in [0.1, 0.15) is 77.2 Å². The first kappa shape index (κ1) is 37.0. The molecule has 0 aromatic heterocycles. The lowest BCUT2D eigenvalue weighted by Gasteiger charge is -2.31.